The van der Waals surface area contributed by atoms with Gasteiger partial charge in [-0.3, -0.25) is 9.59 Å². The van der Waals surface area contributed by atoms with Crippen molar-refractivity contribution in [2.75, 3.05) is 26.4 Å². The molecular weight excluding hydrogens is 981 g/mol. The Balaban J connectivity index is 0.935. The van der Waals surface area contributed by atoms with E-state index in [-0.39, 0.29) is 53.7 Å². The molecular formula is C51H82O23. The minimum Gasteiger partial charge on any atom is -0.394 e. The Kier molecular flexibility index (Phi) is 18.6. The smallest absolute Gasteiger partial charge is 0.187 e. The number of fused-ring (bicyclic) bond motifs is 5. The van der Waals surface area contributed by atoms with Gasteiger partial charge in [0, 0.05) is 24.7 Å². The predicted molar refractivity (Wildman–Crippen MR) is 250 cm³/mol. The largest absolute Gasteiger partial charge is 0.394 e. The molecule has 4 saturated heterocycles. The molecule has 0 unspecified atom stereocenters. The summed E-state index contributed by atoms with van der Waals surface area (Å²) in [7, 11) is 0. The lowest BCUT2D eigenvalue weighted by atomic mass is 9.47. The zero-order chi connectivity index (χ0) is 53.9. The van der Waals surface area contributed by atoms with Crippen LogP contribution in [0.2, 0.25) is 0 Å². The third-order valence-electron chi connectivity index (χ3n) is 18.6. The molecule has 0 aromatic heterocycles. The van der Waals surface area contributed by atoms with Crippen molar-refractivity contribution in [1.29, 1.82) is 0 Å². The lowest BCUT2D eigenvalue weighted by Gasteiger charge is -2.58. The Morgan fingerprint density at radius 3 is 1.84 bits per heavy atom. The van der Waals surface area contributed by atoms with Crippen LogP contribution >= 0.6 is 0 Å². The summed E-state index contributed by atoms with van der Waals surface area (Å²) in [6, 6.07) is 0. The molecule has 0 bridgehead atoms. The van der Waals surface area contributed by atoms with Crippen LogP contribution < -0.4 is 0 Å². The molecule has 4 aliphatic carbocycles. The number of hydrogen-bond acceptors (Lipinski definition) is 23. The van der Waals surface area contributed by atoms with E-state index in [4.69, 9.17) is 37.9 Å². The normalized spacial score (nSPS) is 50.5. The molecule has 7 fully saturated rings. The highest BCUT2D eigenvalue weighted by molar-refractivity contribution is 5.92. The van der Waals surface area contributed by atoms with Crippen molar-refractivity contribution < 1.29 is 114 Å². The second-order valence-electron chi connectivity index (χ2n) is 23.2. The lowest BCUT2D eigenvalue weighted by Crippen LogP contribution is -2.67. The zero-order valence-corrected chi connectivity index (χ0v) is 42.8. The molecule has 8 rings (SSSR count). The van der Waals surface area contributed by atoms with E-state index in [2.05, 4.69) is 19.9 Å². The number of aliphatic hydroxyl groups is 13. The minimum absolute atomic E-state index is 0.0160. The Bertz CT molecular complexity index is 1940. The highest BCUT2D eigenvalue weighted by Gasteiger charge is 2.63. The van der Waals surface area contributed by atoms with Gasteiger partial charge >= 0.3 is 0 Å². The molecule has 8 aliphatic rings. The van der Waals surface area contributed by atoms with Crippen molar-refractivity contribution in [3.8, 4) is 0 Å². The maximum absolute atomic E-state index is 14.1. The molecule has 0 aromatic rings. The second kappa shape index (κ2) is 23.5. The van der Waals surface area contributed by atoms with Gasteiger partial charge in [-0.2, -0.15) is 0 Å². The van der Waals surface area contributed by atoms with Gasteiger partial charge in [-0.15, -0.1) is 0 Å². The van der Waals surface area contributed by atoms with E-state index in [0.29, 0.717) is 38.5 Å². The van der Waals surface area contributed by atoms with Crippen LogP contribution in [0.1, 0.15) is 92.4 Å². The number of rotatable bonds is 17. The highest BCUT2D eigenvalue weighted by atomic mass is 16.8. The molecule has 0 spiro atoms. The molecule has 23 nitrogen and oxygen atoms in total. The molecule has 3 saturated carbocycles. The number of Topliss-reactive ketones (excluding diaryl/α,β-unsaturated/α-hetero) is 2. The first kappa shape index (κ1) is 58.4. The zero-order valence-electron chi connectivity index (χ0n) is 42.8. The average molecular weight is 1060 g/mol. The molecule has 23 heteroatoms. The van der Waals surface area contributed by atoms with Crippen LogP contribution in [0.4, 0.5) is 0 Å². The van der Waals surface area contributed by atoms with Gasteiger partial charge in [0.25, 0.3) is 0 Å². The van der Waals surface area contributed by atoms with E-state index in [9.17, 15) is 76.0 Å². The van der Waals surface area contributed by atoms with Crippen LogP contribution in [0.3, 0.4) is 0 Å². The maximum atomic E-state index is 14.1. The fourth-order valence-corrected chi connectivity index (χ4v) is 14.0. The molecule has 13 N–H and O–H groups in total. The van der Waals surface area contributed by atoms with Gasteiger partial charge in [0.2, 0.25) is 0 Å². The maximum Gasteiger partial charge on any atom is 0.187 e. The number of aliphatic hydroxyl groups excluding tert-OH is 13. The Labute approximate surface area is 430 Å². The third kappa shape index (κ3) is 11.0. The van der Waals surface area contributed by atoms with Crippen molar-refractivity contribution >= 4 is 11.6 Å². The van der Waals surface area contributed by atoms with Crippen LogP contribution in [-0.2, 0) is 47.5 Å². The summed E-state index contributed by atoms with van der Waals surface area (Å²) in [4.78, 5) is 28.0. The van der Waals surface area contributed by atoms with Crippen molar-refractivity contribution in [3.05, 3.63) is 11.6 Å². The van der Waals surface area contributed by atoms with E-state index in [0.717, 1.165) is 18.4 Å². The fourth-order valence-electron chi connectivity index (χ4n) is 14.0. The number of allylic oxidation sites excluding steroid dienone is 1. The van der Waals surface area contributed by atoms with Gasteiger partial charge < -0.3 is 104 Å². The van der Waals surface area contributed by atoms with Crippen LogP contribution in [0.5, 0.6) is 0 Å². The molecule has 4 aliphatic heterocycles. The second-order valence-corrected chi connectivity index (χ2v) is 23.2. The van der Waals surface area contributed by atoms with Crippen molar-refractivity contribution in [2.45, 2.75) is 221 Å². The summed E-state index contributed by atoms with van der Waals surface area (Å²) in [6.07, 6.45) is -24.4. The molecule has 0 radical (unpaired) electrons. The number of hydrogen-bond donors (Lipinski definition) is 13. The highest BCUT2D eigenvalue weighted by Crippen LogP contribution is 2.66. The van der Waals surface area contributed by atoms with Crippen LogP contribution in [0, 0.1) is 46.3 Å². The number of ketones is 2. The first-order valence-corrected chi connectivity index (χ1v) is 26.6. The number of carbonyl (C=O) groups excluding carboxylic acids is 2. The Morgan fingerprint density at radius 2 is 1.20 bits per heavy atom. The molecule has 74 heavy (non-hydrogen) atoms. The van der Waals surface area contributed by atoms with Crippen LogP contribution in [0.25, 0.3) is 0 Å². The lowest BCUT2D eigenvalue weighted by molar-refractivity contribution is -0.394. The SMILES string of the molecule is C[C@H](CCC(=O)[C@@H](C)[C@H]1C(=O)C[C@H]2[C@@H]3CC=C4C[C@@H](O[C@@H]5O[C@H](CO)[C@@H](O)[C@H](O[C@@H]6O[C@H](CO)[C@@H](O)[C@H](O)[C@H]6O)[C@H]5O[C@@H]5O[C@@H](C)[C@H](O)[C@@H](O)[C@H]5O)CC[C@]4(C)[C@H]3CC[C@]12C)CO[C@@H]1O[C@H](CO)[C@@H](O)[C@H](O)[C@H]1O. The van der Waals surface area contributed by atoms with Gasteiger partial charge in [0.05, 0.1) is 38.6 Å². The van der Waals surface area contributed by atoms with Crippen molar-refractivity contribution in [3.63, 3.8) is 0 Å². The summed E-state index contributed by atoms with van der Waals surface area (Å²) in [5, 5.41) is 136. The van der Waals surface area contributed by atoms with Crippen LogP contribution in [0.15, 0.2) is 11.6 Å². The Hall–Kier alpha value is -1.76. The van der Waals surface area contributed by atoms with Gasteiger partial charge in [-0.1, -0.05) is 39.3 Å². The van der Waals surface area contributed by atoms with E-state index in [1.807, 2.05) is 13.8 Å². The molecule has 0 aromatic carbocycles. The molecule has 4 heterocycles. The summed E-state index contributed by atoms with van der Waals surface area (Å²) in [6.45, 7) is 7.59. The molecule has 424 valence electrons. The molecule has 0 amide bonds. The van der Waals surface area contributed by atoms with E-state index in [1.54, 1.807) is 0 Å². The van der Waals surface area contributed by atoms with Gasteiger partial charge in [-0.25, -0.2) is 0 Å². The number of ether oxygens (including phenoxy) is 8. The first-order valence-electron chi connectivity index (χ1n) is 26.6. The van der Waals surface area contributed by atoms with Crippen molar-refractivity contribution in [1.82, 2.24) is 0 Å². The van der Waals surface area contributed by atoms with E-state index < -0.39 is 166 Å². The van der Waals surface area contributed by atoms with Crippen molar-refractivity contribution in [2.24, 2.45) is 46.3 Å². The van der Waals surface area contributed by atoms with Crippen LogP contribution in [-0.4, -0.2) is 233 Å². The summed E-state index contributed by atoms with van der Waals surface area (Å²) >= 11 is 0. The first-order chi connectivity index (χ1) is 35.0. The Morgan fingerprint density at radius 1 is 0.649 bits per heavy atom. The third-order valence-corrected chi connectivity index (χ3v) is 18.6. The predicted octanol–water partition coefficient (Wildman–Crippen LogP) is -2.96. The van der Waals surface area contributed by atoms with E-state index in [1.165, 1.54) is 6.92 Å². The summed E-state index contributed by atoms with van der Waals surface area (Å²) < 4.78 is 47.7. The average Bonchev–Trinajstić information content (AvgIpc) is 3.66. The minimum atomic E-state index is -1.90. The van der Waals surface area contributed by atoms with Gasteiger partial charge in [0.1, 0.15) is 103 Å². The van der Waals surface area contributed by atoms with Gasteiger partial charge in [-0.05, 0) is 86.4 Å². The molecule has 29 atom stereocenters. The van der Waals surface area contributed by atoms with E-state index >= 15 is 0 Å². The monoisotopic (exact) mass is 1060 g/mol. The quantitative estimate of drug-likeness (QED) is 0.0648. The van der Waals surface area contributed by atoms with Gasteiger partial charge in [0.15, 0.2) is 25.2 Å². The topological polar surface area (TPSA) is 371 Å². The summed E-state index contributed by atoms with van der Waals surface area (Å²) in [5.41, 5.74) is 0.491. The number of carbonyl (C=O) groups is 2. The summed E-state index contributed by atoms with van der Waals surface area (Å²) in [5.74, 6) is -0.567. The fraction of sp³-hybridized carbons (Fsp3) is 0.922. The standard InChI is InChI=1S/C51H82O23/c1-20(19-67-46-41(64)39(62)35(58)30(16-52)70-46)6-9-28(55)21(2)33-29(56)15-27-25-8-7-23-14-24(10-12-50(23,4)26(25)11-13-51(27,33)5)69-49-45(74-47-42(65)38(61)34(57)22(3)68-47)44(37(60)32(18-54)72-49)73-48-43(66)40(63)36(59)31(17-53)71-48/h7,20-22,24-27,30-49,52-54,57-66H,6,8-19H2,1-5H3/t20-,21-,22+,24+,25-,26+,27+,30-,31-,32-,33+,34+,35-,36-,37-,38-,39+,40+,41-,42-,43-,44+,45-,46-,47+,48+,49-,50+,51+/m1/s1.